The average molecular weight is 225 g/mol. The highest BCUT2D eigenvalue weighted by Gasteiger charge is 2.02. The normalized spacial score (nSPS) is 10.3. The first-order valence-corrected chi connectivity index (χ1v) is 4.83. The number of hydrogen-bond donors (Lipinski definition) is 0. The van der Waals surface area contributed by atoms with Crippen LogP contribution in [0.4, 0.5) is 0 Å². The molecule has 0 atom stereocenters. The largest absolute Gasteiger partial charge is 0.434 e. The van der Waals surface area contributed by atoms with Gasteiger partial charge >= 0.3 is 0 Å². The van der Waals surface area contributed by atoms with Crippen LogP contribution >= 0.6 is 11.6 Å². The highest BCUT2D eigenvalue weighted by Crippen LogP contribution is 2.18. The van der Waals surface area contributed by atoms with Crippen molar-refractivity contribution in [2.75, 3.05) is 0 Å². The van der Waals surface area contributed by atoms with Crippen LogP contribution in [-0.2, 0) is 6.54 Å². The molecule has 0 amide bonds. The number of halogens is 1. The summed E-state index contributed by atoms with van der Waals surface area (Å²) in [5.41, 5.74) is 0. The van der Waals surface area contributed by atoms with E-state index < -0.39 is 0 Å². The van der Waals surface area contributed by atoms with Crippen molar-refractivity contribution in [1.82, 2.24) is 19.7 Å². The summed E-state index contributed by atoms with van der Waals surface area (Å²) in [4.78, 5) is 7.81. The topological polar surface area (TPSA) is 52.8 Å². The molecule has 0 saturated heterocycles. The Balaban J connectivity index is 2.14. The summed E-state index contributed by atoms with van der Waals surface area (Å²) < 4.78 is 7.16. The van der Waals surface area contributed by atoms with E-state index in [2.05, 4.69) is 15.1 Å². The maximum Gasteiger partial charge on any atom is 0.239 e. The van der Waals surface area contributed by atoms with Gasteiger partial charge in [0.05, 0.1) is 24.8 Å². The van der Waals surface area contributed by atoms with Gasteiger partial charge in [0.25, 0.3) is 0 Å². The lowest BCUT2D eigenvalue weighted by Gasteiger charge is -1.99. The molecule has 78 valence electrons. The molecular formula is C9H9ClN4O. The zero-order valence-electron chi connectivity index (χ0n) is 8.09. The second-order valence-electron chi connectivity index (χ2n) is 2.81. The zero-order chi connectivity index (χ0) is 10.7. The second kappa shape index (κ2) is 4.27. The third-order valence-corrected chi connectivity index (χ3v) is 1.92. The van der Waals surface area contributed by atoms with Crippen molar-refractivity contribution in [2.45, 2.75) is 13.5 Å². The van der Waals surface area contributed by atoms with Crippen molar-refractivity contribution >= 4 is 11.6 Å². The molecule has 0 N–H and O–H groups in total. The maximum atomic E-state index is 5.67. The minimum atomic E-state index is 0.301. The molecule has 2 heterocycles. The molecule has 2 aromatic rings. The standard InChI is InChI=1S/C9H9ClN4O/c1-2-14-6-7(3-12-14)15-9-5-11-4-8(10)13-9/h3-6H,2H2,1H3. The van der Waals surface area contributed by atoms with Crippen molar-refractivity contribution in [3.8, 4) is 11.6 Å². The highest BCUT2D eigenvalue weighted by atomic mass is 35.5. The number of hydrogen-bond acceptors (Lipinski definition) is 4. The fraction of sp³-hybridized carbons (Fsp3) is 0.222. The summed E-state index contributed by atoms with van der Waals surface area (Å²) in [6, 6.07) is 0. The third-order valence-electron chi connectivity index (χ3n) is 1.74. The Labute approximate surface area is 91.7 Å². The average Bonchev–Trinajstić information content (AvgIpc) is 2.65. The molecule has 0 aliphatic heterocycles. The predicted octanol–water partition coefficient (Wildman–Crippen LogP) is 2.14. The van der Waals surface area contributed by atoms with Crippen molar-refractivity contribution < 1.29 is 4.74 Å². The second-order valence-corrected chi connectivity index (χ2v) is 3.20. The molecule has 0 fully saturated rings. The Bertz CT molecular complexity index is 457. The molecule has 0 spiro atoms. The minimum Gasteiger partial charge on any atom is -0.434 e. The van der Waals surface area contributed by atoms with E-state index in [1.807, 2.05) is 6.92 Å². The molecule has 15 heavy (non-hydrogen) atoms. The van der Waals surface area contributed by atoms with Crippen LogP contribution in [0, 0.1) is 0 Å². The van der Waals surface area contributed by atoms with Crippen LogP contribution in [0.1, 0.15) is 6.92 Å². The Kier molecular flexibility index (Phi) is 2.82. The number of nitrogens with zero attached hydrogens (tertiary/aromatic N) is 4. The van der Waals surface area contributed by atoms with E-state index in [4.69, 9.17) is 16.3 Å². The molecular weight excluding hydrogens is 216 g/mol. The third kappa shape index (κ3) is 2.44. The Hall–Kier alpha value is -1.62. The Morgan fingerprint density at radius 2 is 2.27 bits per heavy atom. The van der Waals surface area contributed by atoms with E-state index in [9.17, 15) is 0 Å². The van der Waals surface area contributed by atoms with Gasteiger partial charge < -0.3 is 4.74 Å². The summed E-state index contributed by atoms with van der Waals surface area (Å²) in [6.45, 7) is 2.79. The number of aryl methyl sites for hydroxylation is 1. The molecule has 5 nitrogen and oxygen atoms in total. The summed E-state index contributed by atoms with van der Waals surface area (Å²) in [7, 11) is 0. The van der Waals surface area contributed by atoms with Crippen LogP contribution < -0.4 is 4.74 Å². The molecule has 0 radical (unpaired) electrons. The van der Waals surface area contributed by atoms with E-state index in [0.717, 1.165) is 6.54 Å². The summed E-state index contributed by atoms with van der Waals surface area (Å²) in [5, 5.41) is 4.37. The van der Waals surface area contributed by atoms with Crippen molar-refractivity contribution in [2.24, 2.45) is 0 Å². The molecule has 2 aromatic heterocycles. The fourth-order valence-electron chi connectivity index (χ4n) is 1.07. The van der Waals surface area contributed by atoms with Crippen LogP contribution in [0.5, 0.6) is 11.6 Å². The first-order chi connectivity index (χ1) is 7.28. The lowest BCUT2D eigenvalue weighted by molar-refractivity contribution is 0.459. The lowest BCUT2D eigenvalue weighted by atomic mass is 10.6. The lowest BCUT2D eigenvalue weighted by Crippen LogP contribution is -1.92. The quantitative estimate of drug-likeness (QED) is 0.802. The van der Waals surface area contributed by atoms with Gasteiger partial charge in [0.15, 0.2) is 10.9 Å². The molecule has 0 saturated carbocycles. The van der Waals surface area contributed by atoms with Gasteiger partial charge in [0.1, 0.15) is 0 Å². The summed E-state index contributed by atoms with van der Waals surface area (Å²) in [6.07, 6.45) is 6.34. The molecule has 0 aliphatic rings. The molecule has 0 aliphatic carbocycles. The Morgan fingerprint density at radius 1 is 1.40 bits per heavy atom. The maximum absolute atomic E-state index is 5.67. The summed E-state index contributed by atoms with van der Waals surface area (Å²) >= 11 is 5.67. The number of ether oxygens (including phenoxy) is 1. The van der Waals surface area contributed by atoms with E-state index in [-0.39, 0.29) is 0 Å². The predicted molar refractivity (Wildman–Crippen MR) is 55.0 cm³/mol. The highest BCUT2D eigenvalue weighted by molar-refractivity contribution is 6.29. The molecule has 0 bridgehead atoms. The van der Waals surface area contributed by atoms with Gasteiger partial charge in [0.2, 0.25) is 5.88 Å². The van der Waals surface area contributed by atoms with Gasteiger partial charge in [-0.15, -0.1) is 0 Å². The molecule has 6 heteroatoms. The fourth-order valence-corrected chi connectivity index (χ4v) is 1.21. The van der Waals surface area contributed by atoms with Crippen molar-refractivity contribution in [3.63, 3.8) is 0 Å². The van der Waals surface area contributed by atoms with Gasteiger partial charge in [-0.1, -0.05) is 11.6 Å². The number of aromatic nitrogens is 4. The summed E-state index contributed by atoms with van der Waals surface area (Å²) in [5.74, 6) is 0.978. The first kappa shape index (κ1) is 9.92. The van der Waals surface area contributed by atoms with E-state index in [1.165, 1.54) is 12.4 Å². The van der Waals surface area contributed by atoms with Crippen LogP contribution in [0.15, 0.2) is 24.8 Å². The van der Waals surface area contributed by atoms with Crippen LogP contribution in [-0.4, -0.2) is 19.7 Å². The zero-order valence-corrected chi connectivity index (χ0v) is 8.85. The van der Waals surface area contributed by atoms with Crippen LogP contribution in [0.2, 0.25) is 5.15 Å². The molecule has 0 unspecified atom stereocenters. The van der Waals surface area contributed by atoms with Crippen molar-refractivity contribution in [1.29, 1.82) is 0 Å². The minimum absolute atomic E-state index is 0.301. The monoisotopic (exact) mass is 224 g/mol. The van der Waals surface area contributed by atoms with E-state index in [0.29, 0.717) is 16.8 Å². The van der Waals surface area contributed by atoms with E-state index >= 15 is 0 Å². The first-order valence-electron chi connectivity index (χ1n) is 4.46. The van der Waals surface area contributed by atoms with Crippen LogP contribution in [0.25, 0.3) is 0 Å². The van der Waals surface area contributed by atoms with Gasteiger partial charge in [-0.2, -0.15) is 10.1 Å². The Morgan fingerprint density at radius 3 is 2.93 bits per heavy atom. The van der Waals surface area contributed by atoms with Gasteiger partial charge in [-0.3, -0.25) is 9.67 Å². The molecule has 2 rings (SSSR count). The van der Waals surface area contributed by atoms with Crippen molar-refractivity contribution in [3.05, 3.63) is 29.9 Å². The number of rotatable bonds is 3. The van der Waals surface area contributed by atoms with Crippen LogP contribution in [0.3, 0.4) is 0 Å². The van der Waals surface area contributed by atoms with Gasteiger partial charge in [0, 0.05) is 6.54 Å². The van der Waals surface area contributed by atoms with Gasteiger partial charge in [-0.05, 0) is 6.92 Å². The smallest absolute Gasteiger partial charge is 0.239 e. The van der Waals surface area contributed by atoms with E-state index in [1.54, 1.807) is 17.1 Å². The van der Waals surface area contributed by atoms with Gasteiger partial charge in [-0.25, -0.2) is 0 Å². The molecule has 0 aromatic carbocycles. The SMILES string of the molecule is CCn1cc(Oc2cncc(Cl)n2)cn1.